The van der Waals surface area contributed by atoms with Crippen molar-refractivity contribution >= 4 is 0 Å². The van der Waals surface area contributed by atoms with Gasteiger partial charge in [0, 0.05) is 31.6 Å². The van der Waals surface area contributed by atoms with Crippen LogP contribution in [0.25, 0.3) is 0 Å². The number of piperidine rings is 1. The lowest BCUT2D eigenvalue weighted by atomic mass is 10.0. The molecule has 21 heavy (non-hydrogen) atoms. The first-order valence-electron chi connectivity index (χ1n) is 8.28. The molecule has 3 heterocycles. The SMILES string of the molecule is CCCc1nc(CN2CCC(N3CCC(N)CC3)C2)no1. The molecule has 0 saturated carbocycles. The van der Waals surface area contributed by atoms with E-state index in [1.807, 2.05) is 0 Å². The third-order valence-electron chi connectivity index (χ3n) is 4.68. The number of likely N-dealkylation sites (tertiary alicyclic amines) is 2. The Morgan fingerprint density at radius 3 is 2.81 bits per heavy atom. The topological polar surface area (TPSA) is 71.4 Å². The first-order valence-corrected chi connectivity index (χ1v) is 8.28. The molecule has 1 atom stereocenters. The van der Waals surface area contributed by atoms with Gasteiger partial charge in [0.25, 0.3) is 0 Å². The summed E-state index contributed by atoms with van der Waals surface area (Å²) >= 11 is 0. The maximum atomic E-state index is 5.99. The molecule has 0 aromatic carbocycles. The summed E-state index contributed by atoms with van der Waals surface area (Å²) in [6.45, 7) is 7.50. The van der Waals surface area contributed by atoms with E-state index in [4.69, 9.17) is 10.3 Å². The molecule has 1 aromatic rings. The zero-order valence-electron chi connectivity index (χ0n) is 13.0. The summed E-state index contributed by atoms with van der Waals surface area (Å²) in [6.07, 6.45) is 5.45. The van der Waals surface area contributed by atoms with Crippen molar-refractivity contribution in [3.05, 3.63) is 11.7 Å². The normalized spacial score (nSPS) is 25.7. The Morgan fingerprint density at radius 1 is 1.24 bits per heavy atom. The standard InChI is InChI=1S/C15H27N5O/c1-2-3-15-17-14(18-21-15)11-19-7-6-13(10-19)20-8-4-12(16)5-9-20/h12-13H,2-11,16H2,1H3. The molecule has 2 aliphatic heterocycles. The number of rotatable bonds is 5. The van der Waals surface area contributed by atoms with Crippen molar-refractivity contribution in [3.8, 4) is 0 Å². The number of nitrogens with two attached hydrogens (primary N) is 1. The maximum absolute atomic E-state index is 5.99. The quantitative estimate of drug-likeness (QED) is 0.874. The number of nitrogens with zero attached hydrogens (tertiary/aromatic N) is 4. The van der Waals surface area contributed by atoms with Crippen LogP contribution >= 0.6 is 0 Å². The molecule has 2 saturated heterocycles. The van der Waals surface area contributed by atoms with Gasteiger partial charge in [-0.15, -0.1) is 0 Å². The predicted octanol–water partition coefficient (Wildman–Crippen LogP) is 1.02. The van der Waals surface area contributed by atoms with E-state index < -0.39 is 0 Å². The minimum Gasteiger partial charge on any atom is -0.339 e. The van der Waals surface area contributed by atoms with Gasteiger partial charge in [0.1, 0.15) is 0 Å². The summed E-state index contributed by atoms with van der Waals surface area (Å²) in [5, 5.41) is 4.09. The molecule has 0 radical (unpaired) electrons. The van der Waals surface area contributed by atoms with Gasteiger partial charge in [0.15, 0.2) is 5.82 Å². The van der Waals surface area contributed by atoms with Crippen LogP contribution in [0.15, 0.2) is 4.52 Å². The van der Waals surface area contributed by atoms with E-state index >= 15 is 0 Å². The lowest BCUT2D eigenvalue weighted by Gasteiger charge is -2.34. The summed E-state index contributed by atoms with van der Waals surface area (Å²) in [5.74, 6) is 1.60. The van der Waals surface area contributed by atoms with Crippen LogP contribution in [-0.4, -0.2) is 58.2 Å². The van der Waals surface area contributed by atoms with Crippen molar-refractivity contribution in [1.82, 2.24) is 19.9 Å². The first kappa shape index (κ1) is 14.9. The van der Waals surface area contributed by atoms with Crippen LogP contribution in [0.3, 0.4) is 0 Å². The fourth-order valence-electron chi connectivity index (χ4n) is 3.41. The van der Waals surface area contributed by atoms with E-state index in [-0.39, 0.29) is 0 Å². The highest BCUT2D eigenvalue weighted by Gasteiger charge is 2.30. The van der Waals surface area contributed by atoms with Gasteiger partial charge in [-0.05, 0) is 38.8 Å². The Hall–Kier alpha value is -0.980. The van der Waals surface area contributed by atoms with E-state index in [1.165, 1.54) is 6.42 Å². The Labute approximate surface area is 126 Å². The Kier molecular flexibility index (Phi) is 4.87. The highest BCUT2D eigenvalue weighted by atomic mass is 16.5. The number of aryl methyl sites for hydroxylation is 1. The molecule has 2 aliphatic rings. The molecule has 0 bridgehead atoms. The lowest BCUT2D eigenvalue weighted by Crippen LogP contribution is -2.46. The molecule has 0 spiro atoms. The van der Waals surface area contributed by atoms with E-state index in [1.54, 1.807) is 0 Å². The molecule has 6 heteroatoms. The van der Waals surface area contributed by atoms with Gasteiger partial charge in [-0.2, -0.15) is 4.98 Å². The lowest BCUT2D eigenvalue weighted by molar-refractivity contribution is 0.151. The second kappa shape index (κ2) is 6.85. The number of aromatic nitrogens is 2. The molecule has 0 aliphatic carbocycles. The molecule has 3 rings (SSSR count). The van der Waals surface area contributed by atoms with Crippen molar-refractivity contribution in [2.45, 2.75) is 57.7 Å². The molecule has 1 aromatic heterocycles. The van der Waals surface area contributed by atoms with E-state index in [0.29, 0.717) is 12.1 Å². The number of hydrogen-bond donors (Lipinski definition) is 1. The summed E-state index contributed by atoms with van der Waals surface area (Å²) in [6, 6.07) is 1.09. The van der Waals surface area contributed by atoms with Crippen molar-refractivity contribution < 1.29 is 4.52 Å². The van der Waals surface area contributed by atoms with Crippen LogP contribution in [0.1, 0.15) is 44.3 Å². The van der Waals surface area contributed by atoms with Crippen molar-refractivity contribution in [2.24, 2.45) is 5.73 Å². The van der Waals surface area contributed by atoms with Crippen LogP contribution in [0.4, 0.5) is 0 Å². The average molecular weight is 293 g/mol. The van der Waals surface area contributed by atoms with E-state index in [2.05, 4.69) is 26.9 Å². The van der Waals surface area contributed by atoms with Gasteiger partial charge in [0.05, 0.1) is 6.54 Å². The third-order valence-corrected chi connectivity index (χ3v) is 4.68. The van der Waals surface area contributed by atoms with E-state index in [0.717, 1.165) is 70.1 Å². The van der Waals surface area contributed by atoms with Gasteiger partial charge in [-0.25, -0.2) is 0 Å². The smallest absolute Gasteiger partial charge is 0.226 e. The van der Waals surface area contributed by atoms with Gasteiger partial charge >= 0.3 is 0 Å². The van der Waals surface area contributed by atoms with Crippen molar-refractivity contribution in [1.29, 1.82) is 0 Å². The summed E-state index contributed by atoms with van der Waals surface area (Å²) < 4.78 is 5.26. The highest BCUT2D eigenvalue weighted by molar-refractivity contribution is 4.91. The molecule has 2 fully saturated rings. The fraction of sp³-hybridized carbons (Fsp3) is 0.867. The predicted molar refractivity (Wildman–Crippen MR) is 80.8 cm³/mol. The van der Waals surface area contributed by atoms with Crippen LogP contribution < -0.4 is 5.73 Å². The Balaban J connectivity index is 1.47. The van der Waals surface area contributed by atoms with Crippen LogP contribution in [0, 0.1) is 0 Å². The summed E-state index contributed by atoms with van der Waals surface area (Å²) in [5.41, 5.74) is 5.99. The van der Waals surface area contributed by atoms with Crippen LogP contribution in [0.5, 0.6) is 0 Å². The second-order valence-corrected chi connectivity index (χ2v) is 6.41. The monoisotopic (exact) mass is 293 g/mol. The third kappa shape index (κ3) is 3.81. The van der Waals surface area contributed by atoms with Gasteiger partial charge in [0.2, 0.25) is 5.89 Å². The molecule has 0 amide bonds. The first-order chi connectivity index (χ1) is 10.2. The van der Waals surface area contributed by atoms with Gasteiger partial charge in [-0.1, -0.05) is 12.1 Å². The highest BCUT2D eigenvalue weighted by Crippen LogP contribution is 2.21. The largest absolute Gasteiger partial charge is 0.339 e. The van der Waals surface area contributed by atoms with E-state index in [9.17, 15) is 0 Å². The summed E-state index contributed by atoms with van der Waals surface area (Å²) in [7, 11) is 0. The maximum Gasteiger partial charge on any atom is 0.226 e. The zero-order chi connectivity index (χ0) is 14.7. The second-order valence-electron chi connectivity index (χ2n) is 6.41. The molecule has 6 nitrogen and oxygen atoms in total. The van der Waals surface area contributed by atoms with Gasteiger partial charge < -0.3 is 10.3 Å². The minimum absolute atomic E-state index is 0.412. The number of hydrogen-bond acceptors (Lipinski definition) is 6. The molecule has 1 unspecified atom stereocenters. The van der Waals surface area contributed by atoms with Gasteiger partial charge in [-0.3, -0.25) is 9.80 Å². The average Bonchev–Trinajstić information content (AvgIpc) is 3.11. The summed E-state index contributed by atoms with van der Waals surface area (Å²) in [4.78, 5) is 9.52. The Bertz CT molecular complexity index is 441. The van der Waals surface area contributed by atoms with Crippen molar-refractivity contribution in [3.63, 3.8) is 0 Å². The molecule has 118 valence electrons. The van der Waals surface area contributed by atoms with Crippen LogP contribution in [-0.2, 0) is 13.0 Å². The minimum atomic E-state index is 0.412. The molecular formula is C15H27N5O. The van der Waals surface area contributed by atoms with Crippen LogP contribution in [0.2, 0.25) is 0 Å². The molecule has 2 N–H and O–H groups in total. The zero-order valence-corrected chi connectivity index (χ0v) is 13.0. The fourth-order valence-corrected chi connectivity index (χ4v) is 3.41. The Morgan fingerprint density at radius 2 is 2.05 bits per heavy atom. The van der Waals surface area contributed by atoms with Crippen molar-refractivity contribution in [2.75, 3.05) is 26.2 Å². The molecular weight excluding hydrogens is 266 g/mol.